The maximum Gasteiger partial charge on any atom is 0.223 e. The Kier molecular flexibility index (Phi) is 9.46. The molecule has 0 aromatic heterocycles. The number of methoxy groups -OCH3 is 1. The van der Waals surface area contributed by atoms with Crippen LogP contribution in [0.2, 0.25) is 0 Å². The molecule has 4 N–H and O–H groups in total. The summed E-state index contributed by atoms with van der Waals surface area (Å²) in [6.07, 6.45) is 0.370. The third-order valence-corrected chi connectivity index (χ3v) is 5.44. The molecule has 2 aromatic rings. The molecular formula is C25H35FN2O3. The van der Waals surface area contributed by atoms with Gasteiger partial charge in [-0.25, -0.2) is 4.39 Å². The summed E-state index contributed by atoms with van der Waals surface area (Å²) in [7, 11) is 1.58. The highest BCUT2D eigenvalue weighted by molar-refractivity contribution is 5.78. The SMILES string of the molecule is COc1ccccc1CNC(=O)[C@H](CCC(C)(C)F)C[C@H](O)[C@@H](N)Cc1ccccc1. The van der Waals surface area contributed by atoms with E-state index in [4.69, 9.17) is 10.5 Å². The van der Waals surface area contributed by atoms with Crippen molar-refractivity contribution < 1.29 is 19.0 Å². The molecule has 3 atom stereocenters. The van der Waals surface area contributed by atoms with E-state index in [-0.39, 0.29) is 18.7 Å². The second kappa shape index (κ2) is 11.8. The van der Waals surface area contributed by atoms with Gasteiger partial charge in [0.25, 0.3) is 0 Å². The molecule has 5 nitrogen and oxygen atoms in total. The molecule has 2 aromatic carbocycles. The Labute approximate surface area is 184 Å². The van der Waals surface area contributed by atoms with Crippen molar-refractivity contribution >= 4 is 5.91 Å². The monoisotopic (exact) mass is 430 g/mol. The van der Waals surface area contributed by atoms with Crippen LogP contribution in [0.1, 0.15) is 44.2 Å². The van der Waals surface area contributed by atoms with Crippen molar-refractivity contribution in [2.45, 2.75) is 63.9 Å². The predicted octanol–water partition coefficient (Wildman–Crippen LogP) is 3.78. The van der Waals surface area contributed by atoms with E-state index < -0.39 is 23.7 Å². The average Bonchev–Trinajstić information content (AvgIpc) is 2.74. The van der Waals surface area contributed by atoms with Crippen LogP contribution in [0.4, 0.5) is 4.39 Å². The fraction of sp³-hybridized carbons (Fsp3) is 0.480. The molecule has 0 unspecified atom stereocenters. The van der Waals surface area contributed by atoms with E-state index in [9.17, 15) is 14.3 Å². The normalized spacial score (nSPS) is 14.5. The molecule has 0 spiro atoms. The number of aliphatic hydroxyl groups is 1. The van der Waals surface area contributed by atoms with Crippen LogP contribution in [0.25, 0.3) is 0 Å². The fourth-order valence-electron chi connectivity index (χ4n) is 3.54. The number of para-hydroxylation sites is 1. The zero-order chi connectivity index (χ0) is 22.9. The zero-order valence-electron chi connectivity index (χ0n) is 18.7. The van der Waals surface area contributed by atoms with E-state index in [2.05, 4.69) is 5.32 Å². The lowest BCUT2D eigenvalue weighted by atomic mass is 9.88. The van der Waals surface area contributed by atoms with Crippen LogP contribution in [0.3, 0.4) is 0 Å². The molecule has 0 aliphatic heterocycles. The molecule has 0 saturated heterocycles. The van der Waals surface area contributed by atoms with E-state index in [1.807, 2.05) is 54.6 Å². The van der Waals surface area contributed by atoms with Crippen LogP contribution < -0.4 is 15.8 Å². The van der Waals surface area contributed by atoms with Crippen LogP contribution >= 0.6 is 0 Å². The largest absolute Gasteiger partial charge is 0.496 e. The lowest BCUT2D eigenvalue weighted by Crippen LogP contribution is -2.41. The van der Waals surface area contributed by atoms with Gasteiger partial charge in [-0.3, -0.25) is 4.79 Å². The summed E-state index contributed by atoms with van der Waals surface area (Å²) in [6, 6.07) is 16.6. The number of ether oxygens (including phenoxy) is 1. The number of carbonyl (C=O) groups is 1. The molecule has 170 valence electrons. The van der Waals surface area contributed by atoms with Crippen molar-refractivity contribution in [3.05, 3.63) is 65.7 Å². The van der Waals surface area contributed by atoms with E-state index in [0.29, 0.717) is 25.1 Å². The minimum absolute atomic E-state index is 0.182. The Morgan fingerprint density at radius 2 is 1.81 bits per heavy atom. The summed E-state index contributed by atoms with van der Waals surface area (Å²) in [5.41, 5.74) is 6.69. The second-order valence-electron chi connectivity index (χ2n) is 8.64. The number of aliphatic hydroxyl groups excluding tert-OH is 1. The molecule has 0 aliphatic carbocycles. The molecule has 0 aliphatic rings. The lowest BCUT2D eigenvalue weighted by Gasteiger charge is -2.25. The van der Waals surface area contributed by atoms with E-state index in [1.54, 1.807) is 7.11 Å². The molecule has 31 heavy (non-hydrogen) atoms. The van der Waals surface area contributed by atoms with Crippen LogP contribution in [-0.4, -0.2) is 35.9 Å². The van der Waals surface area contributed by atoms with Crippen molar-refractivity contribution in [2.75, 3.05) is 7.11 Å². The predicted molar refractivity (Wildman–Crippen MR) is 121 cm³/mol. The van der Waals surface area contributed by atoms with Crippen LogP contribution in [0.15, 0.2) is 54.6 Å². The number of hydrogen-bond donors (Lipinski definition) is 3. The Morgan fingerprint density at radius 3 is 2.45 bits per heavy atom. The van der Waals surface area contributed by atoms with Gasteiger partial charge < -0.3 is 20.9 Å². The summed E-state index contributed by atoms with van der Waals surface area (Å²) in [5, 5.41) is 13.6. The van der Waals surface area contributed by atoms with Gasteiger partial charge in [0.15, 0.2) is 0 Å². The molecule has 0 bridgehead atoms. The van der Waals surface area contributed by atoms with E-state index >= 15 is 0 Å². The van der Waals surface area contributed by atoms with Gasteiger partial charge in [-0.1, -0.05) is 48.5 Å². The third kappa shape index (κ3) is 8.67. The molecule has 2 rings (SSSR count). The van der Waals surface area contributed by atoms with Gasteiger partial charge in [0.1, 0.15) is 11.4 Å². The highest BCUT2D eigenvalue weighted by atomic mass is 19.1. The topological polar surface area (TPSA) is 84.6 Å². The molecule has 0 heterocycles. The highest BCUT2D eigenvalue weighted by Gasteiger charge is 2.28. The molecule has 6 heteroatoms. The quantitative estimate of drug-likeness (QED) is 0.478. The smallest absolute Gasteiger partial charge is 0.223 e. The van der Waals surface area contributed by atoms with Gasteiger partial charge >= 0.3 is 0 Å². The van der Waals surface area contributed by atoms with Gasteiger partial charge in [0.05, 0.1) is 13.2 Å². The molecule has 1 amide bonds. The molecule has 0 radical (unpaired) electrons. The van der Waals surface area contributed by atoms with Crippen LogP contribution in [0, 0.1) is 5.92 Å². The number of amides is 1. The van der Waals surface area contributed by atoms with Gasteiger partial charge in [-0.15, -0.1) is 0 Å². The van der Waals surface area contributed by atoms with Gasteiger partial charge in [-0.2, -0.15) is 0 Å². The van der Waals surface area contributed by atoms with E-state index in [1.165, 1.54) is 13.8 Å². The molecular weight excluding hydrogens is 395 g/mol. The number of halogens is 1. The van der Waals surface area contributed by atoms with Crippen molar-refractivity contribution in [1.82, 2.24) is 5.32 Å². The van der Waals surface area contributed by atoms with Crippen molar-refractivity contribution in [1.29, 1.82) is 0 Å². The van der Waals surface area contributed by atoms with Crippen molar-refractivity contribution in [2.24, 2.45) is 11.7 Å². The number of alkyl halides is 1. The number of nitrogens with one attached hydrogen (secondary N) is 1. The highest BCUT2D eigenvalue weighted by Crippen LogP contribution is 2.24. The van der Waals surface area contributed by atoms with E-state index in [0.717, 1.165) is 11.1 Å². The first-order chi connectivity index (χ1) is 14.7. The maximum absolute atomic E-state index is 14.1. The molecule has 0 saturated carbocycles. The first-order valence-corrected chi connectivity index (χ1v) is 10.8. The fourth-order valence-corrected chi connectivity index (χ4v) is 3.54. The Balaban J connectivity index is 2.01. The Morgan fingerprint density at radius 1 is 1.16 bits per heavy atom. The minimum atomic E-state index is -1.39. The lowest BCUT2D eigenvalue weighted by molar-refractivity contribution is -0.126. The second-order valence-corrected chi connectivity index (χ2v) is 8.64. The Hall–Kier alpha value is -2.44. The minimum Gasteiger partial charge on any atom is -0.496 e. The summed E-state index contributed by atoms with van der Waals surface area (Å²) in [5.74, 6) is -0.0724. The van der Waals surface area contributed by atoms with Crippen molar-refractivity contribution in [3.8, 4) is 5.75 Å². The Bertz CT molecular complexity index is 808. The van der Waals surface area contributed by atoms with Gasteiger partial charge in [0, 0.05) is 24.1 Å². The summed E-state index contributed by atoms with van der Waals surface area (Å²) in [4.78, 5) is 12.9. The first-order valence-electron chi connectivity index (χ1n) is 10.8. The maximum atomic E-state index is 14.1. The number of hydrogen-bond acceptors (Lipinski definition) is 4. The standard InChI is InChI=1S/C25H35FN2O3/c1-25(2,26)14-13-19(16-22(29)21(27)15-18-9-5-4-6-10-18)24(30)28-17-20-11-7-8-12-23(20)31-3/h4-12,19,21-22,29H,13-17,27H2,1-3H3,(H,28,30)/t19-,21+,22+/m1/s1. The summed E-state index contributed by atoms with van der Waals surface area (Å²) >= 11 is 0. The third-order valence-electron chi connectivity index (χ3n) is 5.44. The summed E-state index contributed by atoms with van der Waals surface area (Å²) in [6.45, 7) is 3.28. The zero-order valence-corrected chi connectivity index (χ0v) is 18.7. The number of nitrogens with two attached hydrogens (primary N) is 1. The van der Waals surface area contributed by atoms with Crippen molar-refractivity contribution in [3.63, 3.8) is 0 Å². The first kappa shape index (κ1) is 24.8. The van der Waals surface area contributed by atoms with Crippen LogP contribution in [-0.2, 0) is 17.8 Å². The number of rotatable bonds is 12. The van der Waals surface area contributed by atoms with Gasteiger partial charge in [-0.05, 0) is 51.2 Å². The van der Waals surface area contributed by atoms with Crippen LogP contribution in [0.5, 0.6) is 5.75 Å². The summed E-state index contributed by atoms with van der Waals surface area (Å²) < 4.78 is 19.4. The number of carbonyl (C=O) groups excluding carboxylic acids is 1. The molecule has 0 fully saturated rings. The van der Waals surface area contributed by atoms with Gasteiger partial charge in [0.2, 0.25) is 5.91 Å². The number of benzene rings is 2. The average molecular weight is 431 g/mol.